The van der Waals surface area contributed by atoms with E-state index in [0.717, 1.165) is 24.1 Å². The van der Waals surface area contributed by atoms with Crippen molar-refractivity contribution in [1.29, 1.82) is 0 Å². The number of aryl methyl sites for hydroxylation is 1. The third-order valence-corrected chi connectivity index (χ3v) is 2.93. The lowest BCUT2D eigenvalue weighted by atomic mass is 9.88. The zero-order valence-electron chi connectivity index (χ0n) is 9.29. The van der Waals surface area contributed by atoms with Crippen LogP contribution in [0.5, 0.6) is 0 Å². The second-order valence-corrected chi connectivity index (χ2v) is 4.04. The van der Waals surface area contributed by atoms with Gasteiger partial charge in [-0.1, -0.05) is 12.1 Å². The molecule has 16 heavy (non-hydrogen) atoms. The lowest BCUT2D eigenvalue weighted by Gasteiger charge is -2.23. The zero-order valence-corrected chi connectivity index (χ0v) is 9.29. The number of hydrogen-bond acceptors (Lipinski definition) is 2. The molecule has 1 aromatic rings. The van der Waals surface area contributed by atoms with Gasteiger partial charge in [0.1, 0.15) is 0 Å². The van der Waals surface area contributed by atoms with Gasteiger partial charge in [0.05, 0.1) is 6.10 Å². The van der Waals surface area contributed by atoms with Gasteiger partial charge in [0.15, 0.2) is 0 Å². The van der Waals surface area contributed by atoms with Gasteiger partial charge in [0, 0.05) is 19.2 Å². The molecule has 1 aromatic carbocycles. The number of carbonyl (C=O) groups excluding carboxylic acids is 1. The average Bonchev–Trinajstić information content (AvgIpc) is 2.29. The summed E-state index contributed by atoms with van der Waals surface area (Å²) in [7, 11) is 1.58. The van der Waals surface area contributed by atoms with Crippen LogP contribution in [0.1, 0.15) is 17.5 Å². The number of amides is 2. The fourth-order valence-corrected chi connectivity index (χ4v) is 2.07. The highest BCUT2D eigenvalue weighted by atomic mass is 16.3. The van der Waals surface area contributed by atoms with Crippen LogP contribution < -0.4 is 10.6 Å². The molecular formula is C12H16N2O2. The molecule has 0 aromatic heterocycles. The Kier molecular flexibility index (Phi) is 3.10. The predicted molar refractivity (Wildman–Crippen MR) is 62.6 cm³/mol. The normalized spacial score (nSPS) is 18.8. The molecule has 0 radical (unpaired) electrons. The van der Waals surface area contributed by atoms with Crippen LogP contribution in [0.3, 0.4) is 0 Å². The Hall–Kier alpha value is -1.55. The molecule has 0 spiro atoms. The predicted octanol–water partition coefficient (Wildman–Crippen LogP) is 1.29. The monoisotopic (exact) mass is 220 g/mol. The Morgan fingerprint density at radius 2 is 2.31 bits per heavy atom. The Morgan fingerprint density at radius 3 is 3.06 bits per heavy atom. The summed E-state index contributed by atoms with van der Waals surface area (Å²) in [4.78, 5) is 11.3. The molecule has 1 aliphatic carbocycles. The molecule has 1 unspecified atom stereocenters. The third-order valence-electron chi connectivity index (χ3n) is 2.93. The van der Waals surface area contributed by atoms with Gasteiger partial charge in [-0.15, -0.1) is 0 Å². The SMILES string of the molecule is CNC(=O)Nc1cccc2c1CC(O)CC2. The van der Waals surface area contributed by atoms with Crippen molar-refractivity contribution in [3.05, 3.63) is 29.3 Å². The third kappa shape index (κ3) is 2.17. The average molecular weight is 220 g/mol. The van der Waals surface area contributed by atoms with Gasteiger partial charge in [0.2, 0.25) is 0 Å². The summed E-state index contributed by atoms with van der Waals surface area (Å²) in [5.41, 5.74) is 3.08. The van der Waals surface area contributed by atoms with E-state index >= 15 is 0 Å². The van der Waals surface area contributed by atoms with Crippen LogP contribution in [0.2, 0.25) is 0 Å². The molecule has 0 heterocycles. The minimum atomic E-state index is -0.292. The lowest BCUT2D eigenvalue weighted by molar-refractivity contribution is 0.159. The highest BCUT2D eigenvalue weighted by Gasteiger charge is 2.19. The molecule has 0 aliphatic heterocycles. The van der Waals surface area contributed by atoms with Gasteiger partial charge in [-0.2, -0.15) is 0 Å². The van der Waals surface area contributed by atoms with Gasteiger partial charge >= 0.3 is 6.03 Å². The Labute approximate surface area is 94.7 Å². The maximum Gasteiger partial charge on any atom is 0.318 e. The minimum Gasteiger partial charge on any atom is -0.393 e. The van der Waals surface area contributed by atoms with Crippen LogP contribution in [0.4, 0.5) is 10.5 Å². The number of hydrogen-bond donors (Lipinski definition) is 3. The van der Waals surface area contributed by atoms with E-state index in [1.165, 1.54) is 5.56 Å². The van der Waals surface area contributed by atoms with Crippen molar-refractivity contribution >= 4 is 11.7 Å². The minimum absolute atomic E-state index is 0.228. The van der Waals surface area contributed by atoms with Crippen molar-refractivity contribution in [3.63, 3.8) is 0 Å². The van der Waals surface area contributed by atoms with Crippen molar-refractivity contribution in [2.24, 2.45) is 0 Å². The summed E-state index contributed by atoms with van der Waals surface area (Å²) in [6.07, 6.45) is 2.01. The maximum absolute atomic E-state index is 11.3. The number of benzene rings is 1. The summed E-state index contributed by atoms with van der Waals surface area (Å²) < 4.78 is 0. The van der Waals surface area contributed by atoms with Crippen LogP contribution in [0.25, 0.3) is 0 Å². The first-order chi connectivity index (χ1) is 7.70. The van der Waals surface area contributed by atoms with E-state index in [2.05, 4.69) is 16.7 Å². The number of nitrogens with one attached hydrogen (secondary N) is 2. The Balaban J connectivity index is 2.28. The highest BCUT2D eigenvalue weighted by Crippen LogP contribution is 2.27. The first-order valence-electron chi connectivity index (χ1n) is 5.48. The fourth-order valence-electron chi connectivity index (χ4n) is 2.07. The number of aliphatic hydroxyl groups is 1. The molecule has 3 N–H and O–H groups in total. The smallest absolute Gasteiger partial charge is 0.318 e. The Morgan fingerprint density at radius 1 is 1.50 bits per heavy atom. The quantitative estimate of drug-likeness (QED) is 0.667. The molecule has 0 saturated carbocycles. The number of fused-ring (bicyclic) bond motifs is 1. The van der Waals surface area contributed by atoms with Gasteiger partial charge in [-0.25, -0.2) is 4.79 Å². The van der Waals surface area contributed by atoms with Gasteiger partial charge in [-0.05, 0) is 30.0 Å². The number of carbonyl (C=O) groups is 1. The largest absolute Gasteiger partial charge is 0.393 e. The van der Waals surface area contributed by atoms with Crippen molar-refractivity contribution < 1.29 is 9.90 Å². The number of rotatable bonds is 1. The van der Waals surface area contributed by atoms with E-state index in [1.807, 2.05) is 12.1 Å². The molecule has 4 heteroatoms. The molecule has 0 bridgehead atoms. The number of aliphatic hydroxyl groups excluding tert-OH is 1. The fraction of sp³-hybridized carbons (Fsp3) is 0.417. The molecule has 0 saturated heterocycles. The van der Waals surface area contributed by atoms with E-state index in [-0.39, 0.29) is 12.1 Å². The van der Waals surface area contributed by atoms with Crippen LogP contribution in [0, 0.1) is 0 Å². The summed E-state index contributed by atoms with van der Waals surface area (Å²) in [5.74, 6) is 0. The zero-order chi connectivity index (χ0) is 11.5. The molecule has 0 fully saturated rings. The number of anilines is 1. The van der Waals surface area contributed by atoms with E-state index in [4.69, 9.17) is 0 Å². The summed E-state index contributed by atoms with van der Waals surface area (Å²) in [6, 6.07) is 5.62. The van der Waals surface area contributed by atoms with Crippen LogP contribution >= 0.6 is 0 Å². The Bertz CT molecular complexity index is 404. The molecular weight excluding hydrogens is 204 g/mol. The molecule has 86 valence electrons. The molecule has 1 atom stereocenters. The van der Waals surface area contributed by atoms with E-state index < -0.39 is 0 Å². The van der Waals surface area contributed by atoms with E-state index in [9.17, 15) is 9.90 Å². The maximum atomic E-state index is 11.3. The molecule has 1 aliphatic rings. The standard InChI is InChI=1S/C12H16N2O2/c1-13-12(16)14-11-4-2-3-8-5-6-9(15)7-10(8)11/h2-4,9,15H,5-7H2,1H3,(H2,13,14,16). The van der Waals surface area contributed by atoms with Crippen LogP contribution in [-0.2, 0) is 12.8 Å². The molecule has 4 nitrogen and oxygen atoms in total. The van der Waals surface area contributed by atoms with Crippen LogP contribution in [0.15, 0.2) is 18.2 Å². The van der Waals surface area contributed by atoms with Gasteiger partial charge in [0.25, 0.3) is 0 Å². The van der Waals surface area contributed by atoms with Gasteiger partial charge < -0.3 is 15.7 Å². The summed E-state index contributed by atoms with van der Waals surface area (Å²) in [6.45, 7) is 0. The summed E-state index contributed by atoms with van der Waals surface area (Å²) in [5, 5.41) is 14.9. The topological polar surface area (TPSA) is 61.4 Å². The van der Waals surface area contributed by atoms with Crippen molar-refractivity contribution in [1.82, 2.24) is 5.32 Å². The summed E-state index contributed by atoms with van der Waals surface area (Å²) >= 11 is 0. The second kappa shape index (κ2) is 4.53. The molecule has 2 rings (SSSR count). The van der Waals surface area contributed by atoms with Crippen molar-refractivity contribution in [2.45, 2.75) is 25.4 Å². The van der Waals surface area contributed by atoms with E-state index in [0.29, 0.717) is 6.42 Å². The second-order valence-electron chi connectivity index (χ2n) is 4.04. The highest BCUT2D eigenvalue weighted by molar-refractivity contribution is 5.90. The van der Waals surface area contributed by atoms with Gasteiger partial charge in [-0.3, -0.25) is 0 Å². The first kappa shape index (κ1) is 11.0. The lowest BCUT2D eigenvalue weighted by Crippen LogP contribution is -2.27. The van der Waals surface area contributed by atoms with Crippen molar-refractivity contribution in [2.75, 3.05) is 12.4 Å². The van der Waals surface area contributed by atoms with Crippen LogP contribution in [-0.4, -0.2) is 24.3 Å². The van der Waals surface area contributed by atoms with E-state index in [1.54, 1.807) is 7.05 Å². The molecule has 2 amide bonds. The van der Waals surface area contributed by atoms with Crippen molar-refractivity contribution in [3.8, 4) is 0 Å². The number of urea groups is 1. The first-order valence-corrected chi connectivity index (χ1v) is 5.48.